The third-order valence-corrected chi connectivity index (χ3v) is 12.2. The van der Waals surface area contributed by atoms with E-state index in [4.69, 9.17) is 39.4 Å². The van der Waals surface area contributed by atoms with E-state index in [1.165, 1.54) is 23.5 Å². The Kier molecular flexibility index (Phi) is 10.7. The summed E-state index contributed by atoms with van der Waals surface area (Å²) in [5.74, 6) is -0.946. The molecule has 8 rings (SSSR count). The van der Waals surface area contributed by atoms with Crippen molar-refractivity contribution in [2.45, 2.75) is 63.6 Å². The van der Waals surface area contributed by atoms with Crippen LogP contribution in [0.1, 0.15) is 49.5 Å². The molecular formula is C31H34N10O10P2S2. The van der Waals surface area contributed by atoms with E-state index >= 15 is 0 Å². The second-order valence-corrected chi connectivity index (χ2v) is 18.0. The van der Waals surface area contributed by atoms with Gasteiger partial charge in [0.15, 0.2) is 41.5 Å². The molecule has 5 aromatic rings. The number of anilines is 2. The summed E-state index contributed by atoms with van der Waals surface area (Å²) in [6.07, 6.45) is -0.0799. The lowest BCUT2D eigenvalue weighted by Crippen LogP contribution is -2.28. The fourth-order valence-electron chi connectivity index (χ4n) is 6.35. The average molecular weight is 833 g/mol. The van der Waals surface area contributed by atoms with Gasteiger partial charge < -0.3 is 23.8 Å². The van der Waals surface area contributed by atoms with Gasteiger partial charge in [0.1, 0.15) is 24.8 Å². The zero-order chi connectivity index (χ0) is 38.4. The molecule has 1 aromatic carbocycles. The fraction of sp³-hybridized carbons (Fsp3) is 0.419. The average Bonchev–Trinajstić information content (AvgIpc) is 3.95. The van der Waals surface area contributed by atoms with Gasteiger partial charge in [0.2, 0.25) is 11.9 Å². The van der Waals surface area contributed by atoms with Crippen molar-refractivity contribution in [1.82, 2.24) is 39.0 Å². The Bertz CT molecular complexity index is 2400. The number of hydrogen-bond acceptors (Lipinski definition) is 16. The Hall–Kier alpha value is -3.95. The van der Waals surface area contributed by atoms with E-state index in [2.05, 4.69) is 52.8 Å². The predicted molar refractivity (Wildman–Crippen MR) is 202 cm³/mol. The highest BCUT2D eigenvalue weighted by molar-refractivity contribution is 8.44. The van der Waals surface area contributed by atoms with E-state index in [-0.39, 0.29) is 66.7 Å². The number of thiol groups is 1. The fourth-order valence-corrected chi connectivity index (χ4v) is 9.30. The van der Waals surface area contributed by atoms with Gasteiger partial charge in [0, 0.05) is 24.3 Å². The van der Waals surface area contributed by atoms with Gasteiger partial charge in [-0.1, -0.05) is 44.3 Å². The van der Waals surface area contributed by atoms with Gasteiger partial charge in [0.05, 0.1) is 38.1 Å². The summed E-state index contributed by atoms with van der Waals surface area (Å²) in [5, 5.41) is 5.37. The van der Waals surface area contributed by atoms with E-state index < -0.39 is 56.4 Å². The van der Waals surface area contributed by atoms with Gasteiger partial charge in [0.25, 0.3) is 11.5 Å². The van der Waals surface area contributed by atoms with Gasteiger partial charge in [-0.2, -0.15) is 4.98 Å². The first-order chi connectivity index (χ1) is 26.4. The van der Waals surface area contributed by atoms with E-state index in [9.17, 15) is 18.9 Å². The molecule has 0 aliphatic carbocycles. The van der Waals surface area contributed by atoms with Crippen molar-refractivity contribution in [1.29, 1.82) is 0 Å². The van der Waals surface area contributed by atoms with Crippen LogP contribution in [0.4, 0.5) is 11.8 Å². The third-order valence-electron chi connectivity index (χ3n) is 9.04. The molecule has 0 spiro atoms. The molecule has 3 saturated heterocycles. The maximum atomic E-state index is 13.8. The van der Waals surface area contributed by atoms with Crippen LogP contribution in [0.3, 0.4) is 0 Å². The van der Waals surface area contributed by atoms with Crippen LogP contribution in [0.25, 0.3) is 22.3 Å². The molecule has 7 heterocycles. The molecule has 3 fully saturated rings. The molecule has 8 unspecified atom stereocenters. The maximum Gasteiger partial charge on any atom is 0.386 e. The first-order valence-corrected chi connectivity index (χ1v) is 22.2. The second-order valence-electron chi connectivity index (χ2n) is 13.1. The standard InChI is InChI=1S/C31H34N10O10P2S2/c1-15(2)27(42)38-31-37-26-23(29(44)39-31)35-14-41(26)30-19-8-17(48-30)10-46-52(54)50-18-9-21(49-20(18)11-47-53(45,55)51-19)40-13-34-22-24(32-12-33-25(22)40)36-28(43)16-6-4-3-5-7-16/h3-7,12-15,17-21,30,52H,8-11H2,1-2H3,(H,45,55)(H,32,33,36,43)(H2,37,38,39,42,44). The van der Waals surface area contributed by atoms with Gasteiger partial charge in [-0.15, -0.1) is 0 Å². The first kappa shape index (κ1) is 37.9. The minimum absolute atomic E-state index is 0.00442. The number of carbonyl (C=O) groups excluding carboxylic acids is 2. The van der Waals surface area contributed by atoms with Crippen LogP contribution in [0.5, 0.6) is 0 Å². The summed E-state index contributed by atoms with van der Waals surface area (Å²) < 4.78 is 53.6. The van der Waals surface area contributed by atoms with Crippen molar-refractivity contribution < 1.29 is 41.7 Å². The first-order valence-electron chi connectivity index (χ1n) is 17.0. The molecule has 4 aromatic heterocycles. The van der Waals surface area contributed by atoms with Crippen molar-refractivity contribution in [3.8, 4) is 0 Å². The van der Waals surface area contributed by atoms with E-state index in [0.717, 1.165) is 0 Å². The lowest BCUT2D eigenvalue weighted by atomic mass is 10.2. The van der Waals surface area contributed by atoms with Crippen LogP contribution in [0.15, 0.2) is 54.1 Å². The molecule has 8 atom stereocenters. The minimum Gasteiger partial charge on any atom is -0.349 e. The number of imidazole rings is 2. The molecule has 20 nitrogen and oxygen atoms in total. The smallest absolute Gasteiger partial charge is 0.349 e. The van der Waals surface area contributed by atoms with Crippen LogP contribution in [-0.2, 0) is 48.7 Å². The normalized spacial score (nSPS) is 28.7. The number of fused-ring (bicyclic) bond motifs is 5. The molecule has 3 aliphatic rings. The molecule has 3 N–H and O–H groups in total. The summed E-state index contributed by atoms with van der Waals surface area (Å²) in [7, 11) is -2.33. The quantitative estimate of drug-likeness (QED) is 0.141. The number of aromatic nitrogens is 8. The number of amides is 2. The zero-order valence-electron chi connectivity index (χ0n) is 29.0. The molecule has 55 heavy (non-hydrogen) atoms. The molecule has 0 saturated carbocycles. The highest BCUT2D eigenvalue weighted by atomic mass is 32.7. The minimum atomic E-state index is -4.11. The largest absolute Gasteiger partial charge is 0.386 e. The maximum absolute atomic E-state index is 13.8. The Balaban J connectivity index is 1.01. The Morgan fingerprint density at radius 3 is 2.56 bits per heavy atom. The van der Waals surface area contributed by atoms with Gasteiger partial charge in [-0.3, -0.25) is 42.9 Å². The Labute approximate surface area is 322 Å². The lowest BCUT2D eigenvalue weighted by Gasteiger charge is -2.25. The number of H-pyrrole nitrogens is 1. The van der Waals surface area contributed by atoms with Crippen LogP contribution in [0, 0.1) is 5.92 Å². The number of nitrogens with zero attached hydrogens (tertiary/aromatic N) is 7. The van der Waals surface area contributed by atoms with Crippen LogP contribution >= 0.6 is 26.2 Å². The molecule has 290 valence electrons. The number of aromatic amines is 1. The van der Waals surface area contributed by atoms with Crippen molar-refractivity contribution in [3.63, 3.8) is 0 Å². The summed E-state index contributed by atoms with van der Waals surface area (Å²) in [6, 6.07) is 8.69. The van der Waals surface area contributed by atoms with Crippen LogP contribution < -0.4 is 16.2 Å². The molecular weight excluding hydrogens is 798 g/mol. The summed E-state index contributed by atoms with van der Waals surface area (Å²) in [6.45, 7) is -0.978. The van der Waals surface area contributed by atoms with Crippen molar-refractivity contribution in [3.05, 3.63) is 65.2 Å². The Morgan fingerprint density at radius 1 is 0.982 bits per heavy atom. The van der Waals surface area contributed by atoms with Crippen LogP contribution in [-0.4, -0.2) is 88.5 Å². The summed E-state index contributed by atoms with van der Waals surface area (Å²) >= 11 is 9.92. The van der Waals surface area contributed by atoms with Gasteiger partial charge >= 0.3 is 6.80 Å². The lowest BCUT2D eigenvalue weighted by molar-refractivity contribution is -0.118. The molecule has 24 heteroatoms. The number of benzene rings is 1. The topological polar surface area (TPSA) is 238 Å². The molecule has 0 radical (unpaired) electrons. The number of nitrogens with one attached hydrogen (secondary N) is 3. The van der Waals surface area contributed by atoms with Crippen molar-refractivity contribution in [2.75, 3.05) is 23.8 Å². The molecule has 2 amide bonds. The number of ether oxygens (including phenoxy) is 2. The zero-order valence-corrected chi connectivity index (χ0v) is 32.6. The number of carbonyl (C=O) groups is 2. The predicted octanol–water partition coefficient (Wildman–Crippen LogP) is 3.74. The van der Waals surface area contributed by atoms with E-state index in [1.807, 2.05) is 6.07 Å². The monoisotopic (exact) mass is 832 g/mol. The van der Waals surface area contributed by atoms with Gasteiger partial charge in [-0.25, -0.2) is 24.5 Å². The summed E-state index contributed by atoms with van der Waals surface area (Å²) in [4.78, 5) is 62.3. The Morgan fingerprint density at radius 2 is 1.76 bits per heavy atom. The van der Waals surface area contributed by atoms with Gasteiger partial charge in [-0.05, 0) is 23.9 Å². The van der Waals surface area contributed by atoms with E-state index in [0.29, 0.717) is 16.7 Å². The van der Waals surface area contributed by atoms with Crippen molar-refractivity contribution >= 4 is 83.9 Å². The van der Waals surface area contributed by atoms with E-state index in [1.54, 1.807) is 42.7 Å². The number of rotatable bonds is 6. The van der Waals surface area contributed by atoms with Crippen LogP contribution in [0.2, 0.25) is 0 Å². The SMILES string of the molecule is CC(C)C(=O)Nc1nc2c(ncn2C2OC3CO[PH](=S)OC4CC(n5cnc6c(NC(=O)c7ccccc7)ncnc65)OC4COP(=O)(S)OC2C3)c(=O)[nH]1. The second kappa shape index (κ2) is 15.5. The number of hydrogen-bond donors (Lipinski definition) is 4. The third kappa shape index (κ3) is 8.02. The molecule has 3 aliphatic heterocycles. The van der Waals surface area contributed by atoms with Crippen molar-refractivity contribution in [2.24, 2.45) is 5.92 Å². The highest BCUT2D eigenvalue weighted by Gasteiger charge is 2.45. The summed E-state index contributed by atoms with van der Waals surface area (Å²) in [5.41, 5.74) is 0.663. The molecule has 2 bridgehead atoms. The highest BCUT2D eigenvalue weighted by Crippen LogP contribution is 2.57.